The van der Waals surface area contributed by atoms with Crippen molar-refractivity contribution in [2.75, 3.05) is 0 Å². The van der Waals surface area contributed by atoms with E-state index in [-0.39, 0.29) is 18.4 Å². The Labute approximate surface area is 137 Å². The van der Waals surface area contributed by atoms with Crippen LogP contribution in [0.25, 0.3) is 0 Å². The first-order valence-corrected chi connectivity index (χ1v) is 7.88. The standard InChI is InChI=1S/C17H17NO6/c19-13(20)16-7-10-6-11(16)12(16)17(10,14(21)22)18-15(23)24-8-9-4-2-1-3-5-9/h1-5,10-12H,6-8H2,(H,18,23)(H,19,20)(H,21,22)/t10-,11-,12-,16-,17-/m1/s1. The number of carboxylic acids is 2. The number of nitrogens with one attached hydrogen (secondary N) is 1. The van der Waals surface area contributed by atoms with E-state index >= 15 is 0 Å². The number of rotatable bonds is 5. The van der Waals surface area contributed by atoms with Gasteiger partial charge in [0.25, 0.3) is 0 Å². The topological polar surface area (TPSA) is 113 Å². The van der Waals surface area contributed by atoms with Gasteiger partial charge in [0.1, 0.15) is 12.1 Å². The second kappa shape index (κ2) is 4.72. The third kappa shape index (κ3) is 1.69. The molecule has 0 aliphatic heterocycles. The molecule has 4 saturated carbocycles. The number of ether oxygens (including phenoxy) is 1. The minimum atomic E-state index is -1.52. The van der Waals surface area contributed by atoms with Crippen molar-refractivity contribution in [3.05, 3.63) is 35.9 Å². The largest absolute Gasteiger partial charge is 0.481 e. The molecule has 7 heteroatoms. The van der Waals surface area contributed by atoms with Gasteiger partial charge in [0, 0.05) is 5.92 Å². The molecule has 0 spiro atoms. The molecular formula is C17H17NO6. The maximum absolute atomic E-state index is 12.1. The molecule has 0 heterocycles. The van der Waals surface area contributed by atoms with Gasteiger partial charge >= 0.3 is 18.0 Å². The summed E-state index contributed by atoms with van der Waals surface area (Å²) in [4.78, 5) is 35.6. The number of aliphatic carboxylic acids is 2. The van der Waals surface area contributed by atoms with Gasteiger partial charge in [-0.25, -0.2) is 9.59 Å². The Bertz CT molecular complexity index is 734. The van der Waals surface area contributed by atoms with Crippen molar-refractivity contribution in [3.8, 4) is 0 Å². The van der Waals surface area contributed by atoms with Crippen LogP contribution in [0.2, 0.25) is 0 Å². The smallest absolute Gasteiger partial charge is 0.408 e. The number of hydrogen-bond donors (Lipinski definition) is 3. The Hall–Kier alpha value is -2.57. The van der Waals surface area contributed by atoms with Gasteiger partial charge < -0.3 is 20.3 Å². The maximum Gasteiger partial charge on any atom is 0.408 e. The Morgan fingerprint density at radius 3 is 2.42 bits per heavy atom. The van der Waals surface area contributed by atoms with E-state index in [1.807, 2.05) is 18.2 Å². The summed E-state index contributed by atoms with van der Waals surface area (Å²) in [5, 5.41) is 21.7. The van der Waals surface area contributed by atoms with Crippen LogP contribution < -0.4 is 5.32 Å². The Morgan fingerprint density at radius 1 is 1.17 bits per heavy atom. The normalized spacial score (nSPS) is 37.8. The van der Waals surface area contributed by atoms with Gasteiger partial charge in [-0.2, -0.15) is 0 Å². The zero-order valence-electron chi connectivity index (χ0n) is 12.8. The number of carboxylic acid groups (broad SMARTS) is 2. The predicted octanol–water partition coefficient (Wildman–Crippen LogP) is 1.48. The molecule has 4 aliphatic carbocycles. The first kappa shape index (κ1) is 15.0. The lowest BCUT2D eigenvalue weighted by Gasteiger charge is -2.29. The zero-order chi connectivity index (χ0) is 17.1. The Morgan fingerprint density at radius 2 is 1.88 bits per heavy atom. The summed E-state index contributed by atoms with van der Waals surface area (Å²) in [6, 6.07) is 9.05. The van der Waals surface area contributed by atoms with E-state index in [4.69, 9.17) is 4.74 Å². The van der Waals surface area contributed by atoms with Crippen molar-refractivity contribution in [1.82, 2.24) is 5.32 Å². The van der Waals surface area contributed by atoms with Crippen LogP contribution in [-0.2, 0) is 20.9 Å². The van der Waals surface area contributed by atoms with Crippen molar-refractivity contribution in [3.63, 3.8) is 0 Å². The van der Waals surface area contributed by atoms with E-state index in [2.05, 4.69) is 5.32 Å². The fourth-order valence-corrected chi connectivity index (χ4v) is 5.11. The monoisotopic (exact) mass is 331 g/mol. The lowest BCUT2D eigenvalue weighted by atomic mass is 9.88. The van der Waals surface area contributed by atoms with Gasteiger partial charge in [0.2, 0.25) is 0 Å². The minimum Gasteiger partial charge on any atom is -0.481 e. The molecule has 5 atom stereocenters. The van der Waals surface area contributed by atoms with Crippen LogP contribution in [-0.4, -0.2) is 33.8 Å². The van der Waals surface area contributed by atoms with Crippen molar-refractivity contribution in [1.29, 1.82) is 0 Å². The highest BCUT2D eigenvalue weighted by atomic mass is 16.5. The summed E-state index contributed by atoms with van der Waals surface area (Å²) in [6.45, 7) is 0.0329. The van der Waals surface area contributed by atoms with Crippen molar-refractivity contribution in [2.24, 2.45) is 23.2 Å². The molecule has 7 nitrogen and oxygen atoms in total. The molecule has 126 valence electrons. The fourth-order valence-electron chi connectivity index (χ4n) is 5.11. The van der Waals surface area contributed by atoms with Crippen LogP contribution in [0.3, 0.4) is 0 Å². The number of carbonyl (C=O) groups excluding carboxylic acids is 1. The molecule has 4 aliphatic rings. The summed E-state index contributed by atoms with van der Waals surface area (Å²) in [7, 11) is 0. The summed E-state index contributed by atoms with van der Waals surface area (Å²) >= 11 is 0. The van der Waals surface area contributed by atoms with Crippen LogP contribution in [0.5, 0.6) is 0 Å². The first-order valence-electron chi connectivity index (χ1n) is 7.88. The number of benzene rings is 1. The van der Waals surface area contributed by atoms with Gasteiger partial charge in [-0.3, -0.25) is 4.79 Å². The minimum absolute atomic E-state index is 0.0329. The molecule has 0 radical (unpaired) electrons. The molecule has 0 aromatic heterocycles. The average molecular weight is 331 g/mol. The van der Waals surface area contributed by atoms with Crippen LogP contribution in [0.4, 0.5) is 4.79 Å². The molecular weight excluding hydrogens is 314 g/mol. The highest BCUT2D eigenvalue weighted by Crippen LogP contribution is 2.82. The van der Waals surface area contributed by atoms with E-state index in [0.717, 1.165) is 5.56 Å². The highest BCUT2D eigenvalue weighted by molar-refractivity contribution is 5.93. The Kier molecular flexibility index (Phi) is 2.95. The third-order valence-electron chi connectivity index (χ3n) is 6.04. The lowest BCUT2D eigenvalue weighted by molar-refractivity contribution is -0.147. The van der Waals surface area contributed by atoms with Gasteiger partial charge in [-0.15, -0.1) is 0 Å². The third-order valence-corrected chi connectivity index (χ3v) is 6.04. The maximum atomic E-state index is 12.1. The van der Waals surface area contributed by atoms with E-state index in [1.165, 1.54) is 0 Å². The van der Waals surface area contributed by atoms with Gasteiger partial charge in [0.05, 0.1) is 5.41 Å². The molecule has 1 aromatic rings. The SMILES string of the molecule is O=C(N[C@]1(C(=O)O)[C@@H]2C[C@@H]3[C@@H]1[C@@]3(C(=O)O)C2)OCc1ccccc1. The number of carbonyl (C=O) groups is 3. The average Bonchev–Trinajstić information content (AvgIpc) is 2.87. The number of hydrogen-bond acceptors (Lipinski definition) is 4. The predicted molar refractivity (Wildman–Crippen MR) is 79.9 cm³/mol. The molecule has 0 unspecified atom stereocenters. The summed E-state index contributed by atoms with van der Waals surface area (Å²) in [5.74, 6) is -3.19. The van der Waals surface area contributed by atoms with Crippen molar-refractivity contribution in [2.45, 2.75) is 25.0 Å². The number of amides is 1. The number of alkyl carbamates (subject to hydrolysis) is 1. The molecule has 24 heavy (non-hydrogen) atoms. The molecule has 1 aromatic carbocycles. The summed E-state index contributed by atoms with van der Waals surface area (Å²) < 4.78 is 5.13. The van der Waals surface area contributed by atoms with Gasteiger partial charge in [0.15, 0.2) is 0 Å². The Balaban J connectivity index is 1.49. The van der Waals surface area contributed by atoms with E-state index < -0.39 is 34.9 Å². The lowest BCUT2D eigenvalue weighted by Crippen LogP contribution is -2.57. The van der Waals surface area contributed by atoms with E-state index in [9.17, 15) is 24.6 Å². The first-order chi connectivity index (χ1) is 11.4. The second-order valence-corrected chi connectivity index (χ2v) is 6.93. The highest BCUT2D eigenvalue weighted by Gasteiger charge is 2.90. The zero-order valence-corrected chi connectivity index (χ0v) is 12.8. The van der Waals surface area contributed by atoms with Crippen LogP contribution in [0.1, 0.15) is 18.4 Å². The van der Waals surface area contributed by atoms with Gasteiger partial charge in [-0.1, -0.05) is 30.3 Å². The summed E-state index contributed by atoms with van der Waals surface area (Å²) in [5.41, 5.74) is -1.70. The molecule has 4 bridgehead atoms. The van der Waals surface area contributed by atoms with Crippen LogP contribution >= 0.6 is 0 Å². The van der Waals surface area contributed by atoms with Crippen LogP contribution in [0.15, 0.2) is 30.3 Å². The molecule has 5 rings (SSSR count). The fraction of sp³-hybridized carbons (Fsp3) is 0.471. The van der Waals surface area contributed by atoms with E-state index in [1.54, 1.807) is 12.1 Å². The van der Waals surface area contributed by atoms with Gasteiger partial charge in [-0.05, 0) is 30.2 Å². The molecule has 0 saturated heterocycles. The molecule has 3 N–H and O–H groups in total. The molecule has 4 fully saturated rings. The van der Waals surface area contributed by atoms with Crippen molar-refractivity contribution >= 4 is 18.0 Å². The summed E-state index contributed by atoms with van der Waals surface area (Å²) in [6.07, 6.45) is 0.0190. The van der Waals surface area contributed by atoms with Crippen molar-refractivity contribution < 1.29 is 29.3 Å². The second-order valence-electron chi connectivity index (χ2n) is 6.93. The van der Waals surface area contributed by atoms with Crippen LogP contribution in [0, 0.1) is 23.2 Å². The van der Waals surface area contributed by atoms with E-state index in [0.29, 0.717) is 12.8 Å². The molecule has 1 amide bonds. The quantitative estimate of drug-likeness (QED) is 0.753.